The molecule has 0 bridgehead atoms. The summed E-state index contributed by atoms with van der Waals surface area (Å²) in [4.78, 5) is 21.8. The fourth-order valence-corrected chi connectivity index (χ4v) is 2.78. The average Bonchev–Trinajstić information content (AvgIpc) is 2.60. The summed E-state index contributed by atoms with van der Waals surface area (Å²) in [6.45, 7) is 2.48. The number of hydrogen-bond acceptors (Lipinski definition) is 5. The van der Waals surface area contributed by atoms with E-state index in [4.69, 9.17) is 0 Å². The Balaban J connectivity index is 1.47. The second-order valence-electron chi connectivity index (χ2n) is 5.69. The van der Waals surface area contributed by atoms with E-state index < -0.39 is 6.10 Å². The Morgan fingerprint density at radius 2 is 1.96 bits per heavy atom. The second kappa shape index (κ2) is 7.30. The minimum absolute atomic E-state index is 0.117. The number of fused-ring (bicyclic) bond motifs is 1. The Kier molecular flexibility index (Phi) is 4.95. The summed E-state index contributed by atoms with van der Waals surface area (Å²) >= 11 is 0. The molecule has 3 rings (SSSR count). The monoisotopic (exact) mass is 312 g/mol. The summed E-state index contributed by atoms with van der Waals surface area (Å²) in [6, 6.07) is 10.0. The summed E-state index contributed by atoms with van der Waals surface area (Å²) in [5.74, 6) is -0.250. The fourth-order valence-electron chi connectivity index (χ4n) is 2.78. The van der Waals surface area contributed by atoms with Gasteiger partial charge in [0.25, 0.3) is 5.91 Å². The molecule has 6 nitrogen and oxygen atoms in total. The van der Waals surface area contributed by atoms with Crippen LogP contribution in [0.3, 0.4) is 0 Å². The van der Waals surface area contributed by atoms with Crippen LogP contribution < -0.4 is 5.32 Å². The van der Waals surface area contributed by atoms with Crippen molar-refractivity contribution < 1.29 is 9.90 Å². The normalized spacial score (nSPS) is 15.7. The van der Waals surface area contributed by atoms with Gasteiger partial charge in [-0.3, -0.25) is 9.69 Å². The molecule has 1 aromatic heterocycles. The molecule has 23 heavy (non-hydrogen) atoms. The van der Waals surface area contributed by atoms with E-state index >= 15 is 0 Å². The molecular weight excluding hydrogens is 292 g/mol. The first-order valence-corrected chi connectivity index (χ1v) is 7.75. The third-order valence-electron chi connectivity index (χ3n) is 3.95. The minimum atomic E-state index is -0.618. The fraction of sp³-hybridized carbons (Fsp3) is 0.353. The largest absolute Gasteiger partial charge is 0.390 e. The summed E-state index contributed by atoms with van der Waals surface area (Å²) in [5, 5.41) is 12.8. The predicted octanol–water partition coefficient (Wildman–Crippen LogP) is 0.626. The maximum atomic E-state index is 11.8. The van der Waals surface area contributed by atoms with Crippen molar-refractivity contribution in [3.63, 3.8) is 0 Å². The number of carbonyl (C=O) groups excluding carboxylic acids is 1. The standard InChI is InChI=1S/C17H20N4O2/c22-15(10-20-17(23)16-18-7-3-8-19-16)12-21-9-6-13-4-1-2-5-14(13)11-21/h1-5,7-8,15,22H,6,9-12H2,(H,20,23). The molecule has 1 unspecified atom stereocenters. The van der Waals surface area contributed by atoms with Gasteiger partial charge in [-0.05, 0) is 23.6 Å². The summed E-state index contributed by atoms with van der Waals surface area (Å²) < 4.78 is 0. The van der Waals surface area contributed by atoms with Gasteiger partial charge in [-0.15, -0.1) is 0 Å². The Hall–Kier alpha value is -2.31. The van der Waals surface area contributed by atoms with E-state index in [9.17, 15) is 9.90 Å². The smallest absolute Gasteiger partial charge is 0.289 e. The molecule has 1 amide bonds. The molecule has 2 heterocycles. The van der Waals surface area contributed by atoms with Crippen LogP contribution in [0.4, 0.5) is 0 Å². The van der Waals surface area contributed by atoms with E-state index in [1.807, 2.05) is 6.07 Å². The molecule has 0 aliphatic carbocycles. The van der Waals surface area contributed by atoms with Crippen LogP contribution in [-0.4, -0.2) is 51.6 Å². The Bertz CT molecular complexity index is 663. The Labute approximate surface area is 135 Å². The molecule has 6 heteroatoms. The Morgan fingerprint density at radius 3 is 2.74 bits per heavy atom. The number of nitrogens with one attached hydrogen (secondary N) is 1. The van der Waals surface area contributed by atoms with Gasteiger partial charge in [0.05, 0.1) is 6.10 Å². The number of benzene rings is 1. The number of rotatable bonds is 5. The van der Waals surface area contributed by atoms with Gasteiger partial charge in [0.2, 0.25) is 5.82 Å². The van der Waals surface area contributed by atoms with E-state index in [1.165, 1.54) is 23.5 Å². The van der Waals surface area contributed by atoms with Crippen LogP contribution in [-0.2, 0) is 13.0 Å². The maximum Gasteiger partial charge on any atom is 0.289 e. The third-order valence-corrected chi connectivity index (χ3v) is 3.95. The molecular formula is C17H20N4O2. The van der Waals surface area contributed by atoms with Crippen molar-refractivity contribution in [3.8, 4) is 0 Å². The number of nitrogens with zero attached hydrogens (tertiary/aromatic N) is 3. The number of β-amino-alcohol motifs (C(OH)–C–C–N with tert-alkyl or cyclic N) is 1. The van der Waals surface area contributed by atoms with Gasteiger partial charge in [0, 0.05) is 38.6 Å². The van der Waals surface area contributed by atoms with Gasteiger partial charge < -0.3 is 10.4 Å². The van der Waals surface area contributed by atoms with Crippen LogP contribution >= 0.6 is 0 Å². The number of aliphatic hydroxyl groups is 1. The quantitative estimate of drug-likeness (QED) is 0.846. The zero-order valence-corrected chi connectivity index (χ0v) is 12.9. The lowest BCUT2D eigenvalue weighted by Gasteiger charge is -2.30. The Morgan fingerprint density at radius 1 is 1.22 bits per heavy atom. The molecule has 0 radical (unpaired) electrons. The van der Waals surface area contributed by atoms with Crippen LogP contribution in [0.15, 0.2) is 42.7 Å². The average molecular weight is 312 g/mol. The number of aliphatic hydroxyl groups excluding tert-OH is 1. The number of aromatic nitrogens is 2. The van der Waals surface area contributed by atoms with Crippen molar-refractivity contribution in [1.29, 1.82) is 0 Å². The van der Waals surface area contributed by atoms with Gasteiger partial charge in [-0.2, -0.15) is 0 Å². The lowest BCUT2D eigenvalue weighted by molar-refractivity contribution is 0.0834. The van der Waals surface area contributed by atoms with Gasteiger partial charge >= 0.3 is 0 Å². The van der Waals surface area contributed by atoms with E-state index in [1.54, 1.807) is 6.07 Å². The molecule has 1 aliphatic rings. The van der Waals surface area contributed by atoms with Crippen LogP contribution in [0.1, 0.15) is 21.7 Å². The van der Waals surface area contributed by atoms with Crippen molar-refractivity contribution in [1.82, 2.24) is 20.2 Å². The highest BCUT2D eigenvalue weighted by molar-refractivity contribution is 5.90. The highest BCUT2D eigenvalue weighted by atomic mass is 16.3. The van der Waals surface area contributed by atoms with Crippen LogP contribution in [0, 0.1) is 0 Å². The highest BCUT2D eigenvalue weighted by Gasteiger charge is 2.19. The first-order chi connectivity index (χ1) is 11.2. The van der Waals surface area contributed by atoms with Crippen molar-refractivity contribution in [2.75, 3.05) is 19.6 Å². The predicted molar refractivity (Wildman–Crippen MR) is 85.8 cm³/mol. The number of carbonyl (C=O) groups is 1. The van der Waals surface area contributed by atoms with E-state index in [-0.39, 0.29) is 18.3 Å². The van der Waals surface area contributed by atoms with Crippen molar-refractivity contribution >= 4 is 5.91 Å². The summed E-state index contributed by atoms with van der Waals surface area (Å²) in [6.07, 6.45) is 3.41. The molecule has 1 aliphatic heterocycles. The molecule has 0 spiro atoms. The van der Waals surface area contributed by atoms with E-state index in [0.717, 1.165) is 19.5 Å². The van der Waals surface area contributed by atoms with Crippen LogP contribution in [0.25, 0.3) is 0 Å². The summed E-state index contributed by atoms with van der Waals surface area (Å²) in [7, 11) is 0. The molecule has 2 N–H and O–H groups in total. The van der Waals surface area contributed by atoms with Crippen molar-refractivity contribution in [3.05, 3.63) is 59.7 Å². The number of amides is 1. The first kappa shape index (κ1) is 15.6. The van der Waals surface area contributed by atoms with E-state index in [0.29, 0.717) is 6.54 Å². The third kappa shape index (κ3) is 4.12. The second-order valence-corrected chi connectivity index (χ2v) is 5.69. The zero-order chi connectivity index (χ0) is 16.1. The number of hydrogen-bond donors (Lipinski definition) is 2. The van der Waals surface area contributed by atoms with E-state index in [2.05, 4.69) is 38.4 Å². The first-order valence-electron chi connectivity index (χ1n) is 7.75. The molecule has 1 aromatic carbocycles. The van der Waals surface area contributed by atoms with Gasteiger partial charge in [0.1, 0.15) is 0 Å². The van der Waals surface area contributed by atoms with Gasteiger partial charge in [-0.25, -0.2) is 9.97 Å². The highest BCUT2D eigenvalue weighted by Crippen LogP contribution is 2.18. The maximum absolute atomic E-state index is 11.8. The minimum Gasteiger partial charge on any atom is -0.390 e. The topological polar surface area (TPSA) is 78.4 Å². The van der Waals surface area contributed by atoms with Crippen LogP contribution in [0.5, 0.6) is 0 Å². The van der Waals surface area contributed by atoms with Crippen molar-refractivity contribution in [2.45, 2.75) is 19.1 Å². The summed E-state index contributed by atoms with van der Waals surface area (Å²) in [5.41, 5.74) is 2.69. The lowest BCUT2D eigenvalue weighted by atomic mass is 10.00. The van der Waals surface area contributed by atoms with Gasteiger partial charge in [-0.1, -0.05) is 24.3 Å². The lowest BCUT2D eigenvalue weighted by Crippen LogP contribution is -2.42. The molecule has 0 saturated carbocycles. The molecule has 120 valence electrons. The molecule has 0 saturated heterocycles. The van der Waals surface area contributed by atoms with Crippen molar-refractivity contribution in [2.24, 2.45) is 0 Å². The van der Waals surface area contributed by atoms with Gasteiger partial charge in [0.15, 0.2) is 0 Å². The van der Waals surface area contributed by atoms with Crippen LogP contribution in [0.2, 0.25) is 0 Å². The SMILES string of the molecule is O=C(NCC(O)CN1CCc2ccccc2C1)c1ncccn1. The molecule has 0 fully saturated rings. The molecule has 2 aromatic rings. The molecule has 1 atom stereocenters. The zero-order valence-electron chi connectivity index (χ0n) is 12.9.